The first-order chi connectivity index (χ1) is 15.3. The number of thioether (sulfide) groups is 1. The lowest BCUT2D eigenvalue weighted by Gasteiger charge is -2.09. The molecule has 0 radical (unpaired) electrons. The summed E-state index contributed by atoms with van der Waals surface area (Å²) in [5, 5.41) is 13.8. The number of hydrogen-bond donors (Lipinski definition) is 2. The third kappa shape index (κ3) is 4.33. The van der Waals surface area contributed by atoms with Gasteiger partial charge in [-0.2, -0.15) is 0 Å². The first-order valence-electron chi connectivity index (χ1n) is 9.89. The Kier molecular flexibility index (Phi) is 6.17. The molecule has 0 atom stereocenters. The number of aryl methyl sites for hydroxylation is 1. The molecule has 0 spiro atoms. The van der Waals surface area contributed by atoms with E-state index in [9.17, 15) is 12.8 Å². The van der Waals surface area contributed by atoms with E-state index in [1.54, 1.807) is 24.3 Å². The van der Waals surface area contributed by atoms with Crippen LogP contribution in [0.15, 0.2) is 52.5 Å². The van der Waals surface area contributed by atoms with Crippen LogP contribution in [0.5, 0.6) is 0 Å². The molecule has 168 valence electrons. The van der Waals surface area contributed by atoms with Crippen molar-refractivity contribution in [3.63, 3.8) is 0 Å². The lowest BCUT2D eigenvalue weighted by Crippen LogP contribution is -2.12. The molecule has 2 heterocycles. The van der Waals surface area contributed by atoms with Gasteiger partial charge in [-0.05, 0) is 36.8 Å². The van der Waals surface area contributed by atoms with E-state index in [0.29, 0.717) is 16.4 Å². The maximum Gasteiger partial charge on any atom is 0.238 e. The highest BCUT2D eigenvalue weighted by atomic mass is 32.2. The Bertz CT molecular complexity index is 1380. The SMILES string of the molecule is CCCCn1c(CSc2nnc(-c3ccccc3F)n2N)nc2cc(S(N)(=O)=O)ccc21. The zero-order valence-electron chi connectivity index (χ0n) is 17.3. The molecule has 4 N–H and O–H groups in total. The molecule has 0 saturated carbocycles. The van der Waals surface area contributed by atoms with E-state index in [2.05, 4.69) is 22.1 Å². The van der Waals surface area contributed by atoms with Gasteiger partial charge in [-0.3, -0.25) is 0 Å². The molecule has 2 aromatic carbocycles. The van der Waals surface area contributed by atoms with Crippen molar-refractivity contribution in [1.29, 1.82) is 0 Å². The van der Waals surface area contributed by atoms with Gasteiger partial charge in [0.25, 0.3) is 0 Å². The summed E-state index contributed by atoms with van der Waals surface area (Å²) in [6.45, 7) is 2.82. The Balaban J connectivity index is 1.65. The Morgan fingerprint density at radius 3 is 2.66 bits per heavy atom. The second-order valence-corrected chi connectivity index (χ2v) is 9.68. The molecule has 0 amide bonds. The van der Waals surface area contributed by atoms with Gasteiger partial charge in [-0.25, -0.2) is 27.6 Å². The molecule has 2 aromatic heterocycles. The summed E-state index contributed by atoms with van der Waals surface area (Å²) in [6.07, 6.45) is 1.93. The van der Waals surface area contributed by atoms with Crippen LogP contribution in [0.4, 0.5) is 4.39 Å². The van der Waals surface area contributed by atoms with E-state index in [-0.39, 0.29) is 16.3 Å². The summed E-state index contributed by atoms with van der Waals surface area (Å²) in [5.41, 5.74) is 1.63. The van der Waals surface area contributed by atoms with Crippen LogP contribution in [0, 0.1) is 5.82 Å². The number of fused-ring (bicyclic) bond motifs is 1. The van der Waals surface area contributed by atoms with Gasteiger partial charge in [0, 0.05) is 6.54 Å². The molecule has 4 aromatic rings. The molecular formula is C20H22FN7O2S2. The fourth-order valence-corrected chi connectivity index (χ4v) is 4.68. The van der Waals surface area contributed by atoms with Crippen molar-refractivity contribution < 1.29 is 12.8 Å². The van der Waals surface area contributed by atoms with Gasteiger partial charge < -0.3 is 10.4 Å². The van der Waals surface area contributed by atoms with Gasteiger partial charge in [0.1, 0.15) is 11.6 Å². The van der Waals surface area contributed by atoms with Gasteiger partial charge in [0.05, 0.1) is 27.2 Å². The number of nitrogens with two attached hydrogens (primary N) is 2. The first kappa shape index (κ1) is 22.2. The standard InChI is InChI=1S/C20H22FN7O2S2/c1-2-3-10-27-17-9-8-13(32(23,29)30)11-16(17)24-18(27)12-31-20-26-25-19(28(20)22)14-6-4-5-7-15(14)21/h4-9,11H,2-3,10,12,22H2,1H3,(H2,23,29,30). The summed E-state index contributed by atoms with van der Waals surface area (Å²) < 4.78 is 40.8. The third-order valence-corrected chi connectivity index (χ3v) is 6.82. The van der Waals surface area contributed by atoms with Crippen molar-refractivity contribution in [2.24, 2.45) is 5.14 Å². The topological polar surface area (TPSA) is 135 Å². The van der Waals surface area contributed by atoms with E-state index >= 15 is 0 Å². The molecule has 0 bridgehead atoms. The number of unbranched alkanes of at least 4 members (excludes halogenated alkanes) is 1. The van der Waals surface area contributed by atoms with Crippen LogP contribution in [0.1, 0.15) is 25.6 Å². The number of aromatic nitrogens is 5. The molecule has 0 fully saturated rings. The van der Waals surface area contributed by atoms with Crippen LogP contribution in [0.3, 0.4) is 0 Å². The summed E-state index contributed by atoms with van der Waals surface area (Å²) in [7, 11) is -3.83. The highest BCUT2D eigenvalue weighted by Crippen LogP contribution is 2.28. The van der Waals surface area contributed by atoms with Crippen molar-refractivity contribution in [2.75, 3.05) is 5.84 Å². The maximum atomic E-state index is 14.1. The summed E-state index contributed by atoms with van der Waals surface area (Å²) in [4.78, 5) is 4.64. The predicted octanol–water partition coefficient (Wildman–Crippen LogP) is 2.89. The molecule has 0 saturated heterocycles. The number of rotatable bonds is 8. The average molecular weight is 476 g/mol. The number of halogens is 1. The summed E-state index contributed by atoms with van der Waals surface area (Å²) in [6, 6.07) is 10.9. The van der Waals surface area contributed by atoms with Crippen LogP contribution in [-0.2, 0) is 22.3 Å². The van der Waals surface area contributed by atoms with E-state index in [1.807, 2.05) is 4.57 Å². The van der Waals surface area contributed by atoms with Crippen LogP contribution < -0.4 is 11.0 Å². The fraction of sp³-hybridized carbons (Fsp3) is 0.250. The maximum absolute atomic E-state index is 14.1. The monoisotopic (exact) mass is 475 g/mol. The molecule has 0 aliphatic carbocycles. The zero-order chi connectivity index (χ0) is 22.9. The minimum absolute atomic E-state index is 0.0144. The number of imidazole rings is 1. The molecule has 4 rings (SSSR count). The number of primary sulfonamides is 1. The van der Waals surface area contributed by atoms with Crippen molar-refractivity contribution in [2.45, 2.75) is 42.1 Å². The number of benzene rings is 2. The van der Waals surface area contributed by atoms with Crippen LogP contribution in [-0.4, -0.2) is 32.8 Å². The number of sulfonamides is 1. The van der Waals surface area contributed by atoms with Crippen LogP contribution >= 0.6 is 11.8 Å². The molecule has 9 nitrogen and oxygen atoms in total. The highest BCUT2D eigenvalue weighted by Gasteiger charge is 2.18. The molecule has 0 aliphatic rings. The van der Waals surface area contributed by atoms with E-state index in [4.69, 9.17) is 11.0 Å². The van der Waals surface area contributed by atoms with Crippen molar-refractivity contribution >= 4 is 32.8 Å². The van der Waals surface area contributed by atoms with Gasteiger partial charge in [-0.1, -0.05) is 37.2 Å². The van der Waals surface area contributed by atoms with Gasteiger partial charge in [0.2, 0.25) is 15.2 Å². The van der Waals surface area contributed by atoms with Crippen molar-refractivity contribution in [3.05, 3.63) is 54.1 Å². The Labute approximate surface area is 188 Å². The molecule has 12 heteroatoms. The lowest BCUT2D eigenvalue weighted by molar-refractivity contribution is 0.598. The largest absolute Gasteiger partial charge is 0.335 e. The van der Waals surface area contributed by atoms with Gasteiger partial charge in [0.15, 0.2) is 5.82 Å². The smallest absolute Gasteiger partial charge is 0.238 e. The Morgan fingerprint density at radius 2 is 1.94 bits per heavy atom. The predicted molar refractivity (Wildman–Crippen MR) is 121 cm³/mol. The minimum Gasteiger partial charge on any atom is -0.335 e. The lowest BCUT2D eigenvalue weighted by atomic mass is 10.2. The zero-order valence-corrected chi connectivity index (χ0v) is 18.9. The third-order valence-electron chi connectivity index (χ3n) is 4.97. The average Bonchev–Trinajstić information content (AvgIpc) is 3.29. The number of nitrogens with zero attached hydrogens (tertiary/aromatic N) is 5. The van der Waals surface area contributed by atoms with Gasteiger partial charge >= 0.3 is 0 Å². The normalized spacial score (nSPS) is 12.0. The van der Waals surface area contributed by atoms with E-state index in [1.165, 1.54) is 34.6 Å². The second kappa shape index (κ2) is 8.88. The molecule has 0 aliphatic heterocycles. The van der Waals surface area contributed by atoms with Crippen molar-refractivity contribution in [1.82, 2.24) is 24.4 Å². The quantitative estimate of drug-likeness (QED) is 0.295. The second-order valence-electron chi connectivity index (χ2n) is 7.17. The summed E-state index contributed by atoms with van der Waals surface area (Å²) >= 11 is 1.31. The van der Waals surface area contributed by atoms with E-state index in [0.717, 1.165) is 30.7 Å². The van der Waals surface area contributed by atoms with Crippen LogP contribution in [0.2, 0.25) is 0 Å². The molecule has 32 heavy (non-hydrogen) atoms. The molecule has 0 unspecified atom stereocenters. The summed E-state index contributed by atoms with van der Waals surface area (Å²) in [5.74, 6) is 7.06. The number of hydrogen-bond acceptors (Lipinski definition) is 7. The Morgan fingerprint density at radius 1 is 1.16 bits per heavy atom. The number of nitrogen functional groups attached to an aromatic ring is 1. The van der Waals surface area contributed by atoms with Crippen molar-refractivity contribution in [3.8, 4) is 11.4 Å². The Hall–Kier alpha value is -2.96. The minimum atomic E-state index is -3.83. The molecular weight excluding hydrogens is 453 g/mol. The van der Waals surface area contributed by atoms with Gasteiger partial charge in [-0.15, -0.1) is 10.2 Å². The fourth-order valence-electron chi connectivity index (χ4n) is 3.34. The highest BCUT2D eigenvalue weighted by molar-refractivity contribution is 7.98. The van der Waals surface area contributed by atoms with E-state index < -0.39 is 15.8 Å². The first-order valence-corrected chi connectivity index (χ1v) is 12.4. The van der Waals surface area contributed by atoms with Crippen LogP contribution in [0.25, 0.3) is 22.4 Å².